The molecular weight excluding hydrogens is 338 g/mol. The first kappa shape index (κ1) is 16.5. The zero-order valence-electron chi connectivity index (χ0n) is 10.9. The monoisotopic (exact) mass is 350 g/mol. The molecule has 0 aliphatic heterocycles. The molecule has 5 nitrogen and oxygen atoms in total. The van der Waals surface area contributed by atoms with E-state index >= 15 is 0 Å². The molecule has 20 heavy (non-hydrogen) atoms. The topological polar surface area (TPSA) is 72.2 Å². The van der Waals surface area contributed by atoms with E-state index in [0.29, 0.717) is 23.9 Å². The Hall–Kier alpha value is -1.57. The van der Waals surface area contributed by atoms with Crippen LogP contribution in [0.25, 0.3) is 0 Å². The summed E-state index contributed by atoms with van der Waals surface area (Å²) in [5.41, 5.74) is -2.40. The standard InChI is InChI=1S/C12H13BrF2N2O3/c1-12(2,3-4-13)16-11(18)8-5-7(14)6-9(10(8)15)17(19)20/h5-6H,3-4H2,1-2H3,(H,16,18). The van der Waals surface area contributed by atoms with Gasteiger partial charge in [-0.15, -0.1) is 0 Å². The minimum absolute atomic E-state index is 0.440. The van der Waals surface area contributed by atoms with Gasteiger partial charge in [0.05, 0.1) is 16.6 Å². The number of rotatable bonds is 5. The van der Waals surface area contributed by atoms with Gasteiger partial charge in [-0.05, 0) is 26.3 Å². The summed E-state index contributed by atoms with van der Waals surface area (Å²) in [6.45, 7) is 3.41. The molecule has 0 saturated carbocycles. The molecule has 0 bridgehead atoms. The predicted molar refractivity (Wildman–Crippen MR) is 73.0 cm³/mol. The number of carbonyl (C=O) groups is 1. The van der Waals surface area contributed by atoms with Gasteiger partial charge in [0.15, 0.2) is 0 Å². The van der Waals surface area contributed by atoms with Gasteiger partial charge in [0.1, 0.15) is 5.82 Å². The van der Waals surface area contributed by atoms with Gasteiger partial charge in [0.25, 0.3) is 5.91 Å². The molecule has 0 saturated heterocycles. The van der Waals surface area contributed by atoms with E-state index in [-0.39, 0.29) is 0 Å². The lowest BCUT2D eigenvalue weighted by atomic mass is 10.0. The van der Waals surface area contributed by atoms with Crippen LogP contribution in [0.1, 0.15) is 30.6 Å². The quantitative estimate of drug-likeness (QED) is 0.503. The maximum absolute atomic E-state index is 13.8. The summed E-state index contributed by atoms with van der Waals surface area (Å²) in [5.74, 6) is -3.28. The maximum Gasteiger partial charge on any atom is 0.308 e. The number of alkyl halides is 1. The van der Waals surface area contributed by atoms with Crippen LogP contribution in [0.4, 0.5) is 14.5 Å². The van der Waals surface area contributed by atoms with E-state index in [4.69, 9.17) is 0 Å². The van der Waals surface area contributed by atoms with Crippen LogP contribution in [0.2, 0.25) is 0 Å². The fourth-order valence-electron chi connectivity index (χ4n) is 1.55. The first-order valence-electron chi connectivity index (χ1n) is 5.70. The number of nitrogens with zero attached hydrogens (tertiary/aromatic N) is 1. The van der Waals surface area contributed by atoms with Crippen molar-refractivity contribution in [3.05, 3.63) is 39.4 Å². The van der Waals surface area contributed by atoms with Crippen LogP contribution in [0.5, 0.6) is 0 Å². The Bertz CT molecular complexity index is 550. The number of halogens is 3. The molecule has 110 valence electrons. The van der Waals surface area contributed by atoms with E-state index in [1.54, 1.807) is 13.8 Å². The highest BCUT2D eigenvalue weighted by atomic mass is 79.9. The van der Waals surface area contributed by atoms with E-state index in [0.717, 1.165) is 0 Å². The van der Waals surface area contributed by atoms with Crippen molar-refractivity contribution >= 4 is 27.5 Å². The molecule has 0 aliphatic rings. The lowest BCUT2D eigenvalue weighted by Crippen LogP contribution is -2.44. The van der Waals surface area contributed by atoms with Crippen molar-refractivity contribution in [2.75, 3.05) is 5.33 Å². The molecule has 0 fully saturated rings. The molecule has 1 aromatic rings. The van der Waals surface area contributed by atoms with Crippen LogP contribution in [-0.2, 0) is 0 Å². The molecule has 0 aliphatic carbocycles. The molecule has 1 aromatic carbocycles. The average Bonchev–Trinajstić information content (AvgIpc) is 2.30. The minimum atomic E-state index is -1.34. The number of nitrogens with one attached hydrogen (secondary N) is 1. The molecule has 0 spiro atoms. The summed E-state index contributed by atoms with van der Waals surface area (Å²) in [6.07, 6.45) is 0.553. The number of amides is 1. The second-order valence-electron chi connectivity index (χ2n) is 4.82. The molecule has 0 unspecified atom stereocenters. The van der Waals surface area contributed by atoms with Gasteiger partial charge < -0.3 is 5.32 Å². The van der Waals surface area contributed by atoms with Gasteiger partial charge in [-0.25, -0.2) is 4.39 Å². The van der Waals surface area contributed by atoms with Crippen LogP contribution in [0, 0.1) is 21.7 Å². The molecule has 1 amide bonds. The van der Waals surface area contributed by atoms with Crippen LogP contribution in [-0.4, -0.2) is 21.7 Å². The Morgan fingerprint density at radius 1 is 1.45 bits per heavy atom. The van der Waals surface area contributed by atoms with Gasteiger partial charge in [0.2, 0.25) is 5.82 Å². The third kappa shape index (κ3) is 3.96. The Kier molecular flexibility index (Phi) is 5.15. The number of benzene rings is 1. The van der Waals surface area contributed by atoms with Gasteiger partial charge in [0, 0.05) is 10.9 Å². The van der Waals surface area contributed by atoms with Crippen LogP contribution in [0.15, 0.2) is 12.1 Å². The number of nitro groups is 1. The zero-order valence-corrected chi connectivity index (χ0v) is 12.5. The molecular formula is C12H13BrF2N2O3. The summed E-state index contributed by atoms with van der Waals surface area (Å²) in [5, 5.41) is 13.7. The number of hydrogen-bond donors (Lipinski definition) is 1. The van der Waals surface area contributed by atoms with Gasteiger partial charge in [-0.2, -0.15) is 4.39 Å². The van der Waals surface area contributed by atoms with Crippen LogP contribution >= 0.6 is 15.9 Å². The van der Waals surface area contributed by atoms with E-state index in [9.17, 15) is 23.7 Å². The van der Waals surface area contributed by atoms with Crippen molar-refractivity contribution < 1.29 is 18.5 Å². The fourth-order valence-corrected chi connectivity index (χ4v) is 2.54. The first-order valence-corrected chi connectivity index (χ1v) is 6.82. The Morgan fingerprint density at radius 2 is 2.05 bits per heavy atom. The van der Waals surface area contributed by atoms with Gasteiger partial charge >= 0.3 is 5.69 Å². The molecule has 0 radical (unpaired) electrons. The normalized spacial score (nSPS) is 11.2. The molecule has 0 aromatic heterocycles. The Morgan fingerprint density at radius 3 is 2.55 bits per heavy atom. The summed E-state index contributed by atoms with van der Waals surface area (Å²) >= 11 is 3.21. The zero-order chi connectivity index (χ0) is 15.5. The van der Waals surface area contributed by atoms with E-state index < -0.39 is 39.3 Å². The molecule has 8 heteroatoms. The number of nitro benzene ring substituents is 1. The maximum atomic E-state index is 13.8. The third-order valence-corrected chi connectivity index (χ3v) is 3.03. The second-order valence-corrected chi connectivity index (χ2v) is 5.61. The highest BCUT2D eigenvalue weighted by Gasteiger charge is 2.27. The van der Waals surface area contributed by atoms with Crippen molar-refractivity contribution in [2.24, 2.45) is 0 Å². The van der Waals surface area contributed by atoms with Crippen molar-refractivity contribution in [3.63, 3.8) is 0 Å². The lowest BCUT2D eigenvalue weighted by molar-refractivity contribution is -0.387. The molecule has 1 N–H and O–H groups in total. The molecule has 0 atom stereocenters. The van der Waals surface area contributed by atoms with Crippen LogP contribution in [0.3, 0.4) is 0 Å². The lowest BCUT2D eigenvalue weighted by Gasteiger charge is -2.25. The minimum Gasteiger partial charge on any atom is -0.347 e. The fraction of sp³-hybridized carbons (Fsp3) is 0.417. The Balaban J connectivity index is 3.14. The highest BCUT2D eigenvalue weighted by molar-refractivity contribution is 9.09. The predicted octanol–water partition coefficient (Wildman–Crippen LogP) is 3.17. The third-order valence-electron chi connectivity index (χ3n) is 2.63. The summed E-state index contributed by atoms with van der Waals surface area (Å²) in [4.78, 5) is 21.5. The average molecular weight is 351 g/mol. The Labute approximate surface area is 122 Å². The summed E-state index contributed by atoms with van der Waals surface area (Å²) in [7, 11) is 0. The molecule has 1 rings (SSSR count). The summed E-state index contributed by atoms with van der Waals surface area (Å²) in [6, 6.07) is 1.08. The van der Waals surface area contributed by atoms with Crippen molar-refractivity contribution in [3.8, 4) is 0 Å². The van der Waals surface area contributed by atoms with E-state index in [1.807, 2.05) is 0 Å². The van der Waals surface area contributed by atoms with Crippen molar-refractivity contribution in [1.29, 1.82) is 0 Å². The van der Waals surface area contributed by atoms with Gasteiger partial charge in [-0.1, -0.05) is 15.9 Å². The number of hydrogen-bond acceptors (Lipinski definition) is 3. The first-order chi connectivity index (χ1) is 9.18. The smallest absolute Gasteiger partial charge is 0.308 e. The SMILES string of the molecule is CC(C)(CCBr)NC(=O)c1cc(F)cc([N+](=O)[O-])c1F. The van der Waals surface area contributed by atoms with E-state index in [1.165, 1.54) is 0 Å². The number of carbonyl (C=O) groups excluding carboxylic acids is 1. The summed E-state index contributed by atoms with van der Waals surface area (Å²) < 4.78 is 27.1. The van der Waals surface area contributed by atoms with Crippen LogP contribution < -0.4 is 5.32 Å². The van der Waals surface area contributed by atoms with E-state index in [2.05, 4.69) is 21.2 Å². The largest absolute Gasteiger partial charge is 0.347 e. The molecule has 0 heterocycles. The second kappa shape index (κ2) is 6.25. The van der Waals surface area contributed by atoms with Gasteiger partial charge in [-0.3, -0.25) is 14.9 Å². The van der Waals surface area contributed by atoms with Crippen molar-refractivity contribution in [1.82, 2.24) is 5.32 Å². The highest BCUT2D eigenvalue weighted by Crippen LogP contribution is 2.23. The van der Waals surface area contributed by atoms with Crippen molar-refractivity contribution in [2.45, 2.75) is 25.8 Å².